The Balaban J connectivity index is 2.15. The van der Waals surface area contributed by atoms with Crippen LogP contribution in [-0.4, -0.2) is 23.6 Å². The van der Waals surface area contributed by atoms with E-state index < -0.39 is 0 Å². The zero-order valence-corrected chi connectivity index (χ0v) is 12.2. The predicted octanol–water partition coefficient (Wildman–Crippen LogP) is 3.22. The van der Waals surface area contributed by atoms with Crippen molar-refractivity contribution in [2.24, 2.45) is 0 Å². The van der Waals surface area contributed by atoms with Gasteiger partial charge in [-0.3, -0.25) is 0 Å². The minimum absolute atomic E-state index is 0.461. The van der Waals surface area contributed by atoms with Gasteiger partial charge in [0.1, 0.15) is 5.82 Å². The fraction of sp³-hybridized carbons (Fsp3) is 0.643. The summed E-state index contributed by atoms with van der Waals surface area (Å²) < 4.78 is 0. The zero-order valence-electron chi connectivity index (χ0n) is 11.4. The molecule has 0 saturated carbocycles. The van der Waals surface area contributed by atoms with Gasteiger partial charge in [0.2, 0.25) is 0 Å². The van der Waals surface area contributed by atoms with Gasteiger partial charge in [0.15, 0.2) is 0 Å². The van der Waals surface area contributed by atoms with Crippen LogP contribution in [0.25, 0.3) is 0 Å². The molecule has 1 unspecified atom stereocenters. The normalized spacial score (nSPS) is 19.8. The number of rotatable bonds is 4. The van der Waals surface area contributed by atoms with Crippen molar-refractivity contribution in [1.29, 1.82) is 0 Å². The van der Waals surface area contributed by atoms with E-state index in [1.54, 1.807) is 6.20 Å². The monoisotopic (exact) mass is 267 g/mol. The molecule has 0 amide bonds. The molecule has 18 heavy (non-hydrogen) atoms. The molecule has 1 aliphatic heterocycles. The molecule has 0 aliphatic carbocycles. The Labute approximate surface area is 115 Å². The van der Waals surface area contributed by atoms with E-state index in [1.807, 2.05) is 0 Å². The Morgan fingerprint density at radius 2 is 2.33 bits per heavy atom. The lowest BCUT2D eigenvalue weighted by Crippen LogP contribution is -2.27. The molecule has 2 heterocycles. The molecule has 1 atom stereocenters. The van der Waals surface area contributed by atoms with E-state index in [1.165, 1.54) is 12.8 Å². The second kappa shape index (κ2) is 5.89. The van der Waals surface area contributed by atoms with Gasteiger partial charge in [0.25, 0.3) is 0 Å². The second-order valence-electron chi connectivity index (χ2n) is 5.35. The van der Waals surface area contributed by atoms with Gasteiger partial charge in [-0.1, -0.05) is 25.4 Å². The topological polar surface area (TPSA) is 28.2 Å². The highest BCUT2D eigenvalue weighted by Gasteiger charge is 2.22. The van der Waals surface area contributed by atoms with E-state index in [4.69, 9.17) is 11.6 Å². The summed E-state index contributed by atoms with van der Waals surface area (Å²) in [5.74, 6) is 1.06. The molecule has 1 aromatic rings. The third kappa shape index (κ3) is 3.15. The first-order valence-electron chi connectivity index (χ1n) is 6.72. The average molecular weight is 268 g/mol. The Morgan fingerprint density at radius 1 is 1.56 bits per heavy atom. The first kappa shape index (κ1) is 13.6. The number of aromatic nitrogens is 1. The average Bonchev–Trinajstić information content (AvgIpc) is 2.74. The van der Waals surface area contributed by atoms with Crippen molar-refractivity contribution in [2.75, 3.05) is 11.4 Å². The van der Waals surface area contributed by atoms with Crippen LogP contribution in [0.3, 0.4) is 0 Å². The third-order valence-electron chi connectivity index (χ3n) is 3.47. The minimum Gasteiger partial charge on any atom is -0.354 e. The quantitative estimate of drug-likeness (QED) is 0.908. The van der Waals surface area contributed by atoms with Crippen molar-refractivity contribution < 1.29 is 0 Å². The van der Waals surface area contributed by atoms with E-state index in [0.29, 0.717) is 12.1 Å². The van der Waals surface area contributed by atoms with E-state index in [9.17, 15) is 0 Å². The Kier molecular flexibility index (Phi) is 4.46. The smallest absolute Gasteiger partial charge is 0.129 e. The number of hydrogen-bond donors (Lipinski definition) is 1. The maximum atomic E-state index is 6.20. The van der Waals surface area contributed by atoms with Crippen LogP contribution in [0.5, 0.6) is 0 Å². The van der Waals surface area contributed by atoms with Gasteiger partial charge < -0.3 is 10.2 Å². The summed E-state index contributed by atoms with van der Waals surface area (Å²) >= 11 is 6.20. The lowest BCUT2D eigenvalue weighted by Gasteiger charge is -2.23. The number of nitrogens with one attached hydrogen (secondary N) is 1. The van der Waals surface area contributed by atoms with Gasteiger partial charge in [0, 0.05) is 31.4 Å². The van der Waals surface area contributed by atoms with Crippen molar-refractivity contribution >= 4 is 17.4 Å². The summed E-state index contributed by atoms with van der Waals surface area (Å²) in [5, 5.41) is 4.15. The molecule has 0 bridgehead atoms. The van der Waals surface area contributed by atoms with Crippen LogP contribution < -0.4 is 10.2 Å². The molecule has 0 spiro atoms. The Morgan fingerprint density at radius 3 is 2.94 bits per heavy atom. The molecule has 2 rings (SSSR count). The molecule has 100 valence electrons. The molecular formula is C14H22ClN3. The van der Waals surface area contributed by atoms with Gasteiger partial charge in [-0.15, -0.1) is 0 Å². The summed E-state index contributed by atoms with van der Waals surface area (Å²) in [6, 6.07) is 3.17. The molecule has 4 heteroatoms. The number of hydrogen-bond acceptors (Lipinski definition) is 3. The molecule has 0 radical (unpaired) electrons. The molecule has 1 saturated heterocycles. The molecule has 1 fully saturated rings. The number of halogens is 1. The van der Waals surface area contributed by atoms with Crippen LogP contribution in [0.15, 0.2) is 12.3 Å². The summed E-state index contributed by atoms with van der Waals surface area (Å²) in [6.45, 7) is 8.44. The second-order valence-corrected chi connectivity index (χ2v) is 5.76. The SMILES string of the molecule is CC(C)NCc1cc(N2CCCC2C)ncc1Cl. The van der Waals surface area contributed by atoms with Gasteiger partial charge in [-0.25, -0.2) is 4.98 Å². The summed E-state index contributed by atoms with van der Waals surface area (Å²) in [6.07, 6.45) is 4.29. The fourth-order valence-electron chi connectivity index (χ4n) is 2.35. The lowest BCUT2D eigenvalue weighted by atomic mass is 10.2. The first-order valence-corrected chi connectivity index (χ1v) is 7.10. The van der Waals surface area contributed by atoms with Crippen molar-refractivity contribution in [1.82, 2.24) is 10.3 Å². The third-order valence-corrected chi connectivity index (χ3v) is 3.81. The van der Waals surface area contributed by atoms with Crippen LogP contribution in [0.2, 0.25) is 5.02 Å². The largest absolute Gasteiger partial charge is 0.354 e. The van der Waals surface area contributed by atoms with Crippen molar-refractivity contribution in [2.45, 2.75) is 52.2 Å². The van der Waals surface area contributed by atoms with Crippen LogP contribution >= 0.6 is 11.6 Å². The molecule has 3 nitrogen and oxygen atoms in total. The standard InChI is InChI=1S/C14H22ClN3/c1-10(2)16-8-12-7-14(17-9-13(12)15)18-6-4-5-11(18)3/h7,9-11,16H,4-6,8H2,1-3H3. The minimum atomic E-state index is 0.461. The highest BCUT2D eigenvalue weighted by atomic mass is 35.5. The van der Waals surface area contributed by atoms with Gasteiger partial charge in [-0.05, 0) is 31.4 Å². The highest BCUT2D eigenvalue weighted by molar-refractivity contribution is 6.31. The van der Waals surface area contributed by atoms with Crippen LogP contribution in [0.1, 0.15) is 39.2 Å². The van der Waals surface area contributed by atoms with Crippen LogP contribution in [-0.2, 0) is 6.54 Å². The van der Waals surface area contributed by atoms with Crippen molar-refractivity contribution in [3.05, 3.63) is 22.8 Å². The molecule has 1 N–H and O–H groups in total. The van der Waals surface area contributed by atoms with Gasteiger partial charge >= 0.3 is 0 Å². The zero-order chi connectivity index (χ0) is 13.1. The van der Waals surface area contributed by atoms with E-state index in [0.717, 1.165) is 29.5 Å². The van der Waals surface area contributed by atoms with E-state index >= 15 is 0 Å². The highest BCUT2D eigenvalue weighted by Crippen LogP contribution is 2.26. The van der Waals surface area contributed by atoms with Crippen molar-refractivity contribution in [3.63, 3.8) is 0 Å². The Bertz CT molecular complexity index is 406. The number of pyridine rings is 1. The van der Waals surface area contributed by atoms with E-state index in [2.05, 4.69) is 42.0 Å². The number of anilines is 1. The van der Waals surface area contributed by atoms with E-state index in [-0.39, 0.29) is 0 Å². The van der Waals surface area contributed by atoms with Crippen molar-refractivity contribution in [3.8, 4) is 0 Å². The summed E-state index contributed by atoms with van der Waals surface area (Å²) in [5.41, 5.74) is 1.13. The molecule has 1 aliphatic rings. The Hall–Kier alpha value is -0.800. The number of nitrogens with zero attached hydrogens (tertiary/aromatic N) is 2. The van der Waals surface area contributed by atoms with Crippen LogP contribution in [0.4, 0.5) is 5.82 Å². The van der Waals surface area contributed by atoms with Crippen LogP contribution in [0, 0.1) is 0 Å². The molecule has 0 aromatic carbocycles. The maximum absolute atomic E-state index is 6.20. The maximum Gasteiger partial charge on any atom is 0.129 e. The van der Waals surface area contributed by atoms with Gasteiger partial charge in [-0.2, -0.15) is 0 Å². The summed E-state index contributed by atoms with van der Waals surface area (Å²) in [4.78, 5) is 6.83. The summed E-state index contributed by atoms with van der Waals surface area (Å²) in [7, 11) is 0. The molecular weight excluding hydrogens is 246 g/mol. The lowest BCUT2D eigenvalue weighted by molar-refractivity contribution is 0.588. The fourth-order valence-corrected chi connectivity index (χ4v) is 2.52. The predicted molar refractivity (Wildman–Crippen MR) is 77.3 cm³/mol. The van der Waals surface area contributed by atoms with Gasteiger partial charge in [0.05, 0.1) is 5.02 Å². The molecule has 1 aromatic heterocycles. The first-order chi connectivity index (χ1) is 8.58.